The topological polar surface area (TPSA) is 93.4 Å². The van der Waals surface area contributed by atoms with E-state index in [4.69, 9.17) is 10.5 Å². The van der Waals surface area contributed by atoms with Crippen LogP contribution in [0.25, 0.3) is 0 Å². The average molecular weight is 285 g/mol. The molecule has 4 N–H and O–H groups in total. The standard InChI is InChI=1S/C14H27N3O3/c1-11(10-13(15)18)2-6-16-14(19)17-7-3-12-4-8-20-9-5-12/h11-12H,2-10H2,1H3,(H2,15,18)(H2,16,17,19)/t11-/m0/s1. The number of hydrogen-bond donors (Lipinski definition) is 3. The van der Waals surface area contributed by atoms with Crippen LogP contribution >= 0.6 is 0 Å². The number of hydrogen-bond acceptors (Lipinski definition) is 3. The van der Waals surface area contributed by atoms with Gasteiger partial charge in [-0.2, -0.15) is 0 Å². The molecule has 6 heteroatoms. The summed E-state index contributed by atoms with van der Waals surface area (Å²) in [6, 6.07) is -0.136. The van der Waals surface area contributed by atoms with Gasteiger partial charge in [0.05, 0.1) is 0 Å². The van der Waals surface area contributed by atoms with Gasteiger partial charge >= 0.3 is 6.03 Å². The monoisotopic (exact) mass is 285 g/mol. The van der Waals surface area contributed by atoms with Crippen LogP contribution in [0.3, 0.4) is 0 Å². The van der Waals surface area contributed by atoms with Crippen molar-refractivity contribution in [1.29, 1.82) is 0 Å². The lowest BCUT2D eigenvalue weighted by atomic mass is 9.97. The van der Waals surface area contributed by atoms with Crippen molar-refractivity contribution < 1.29 is 14.3 Å². The highest BCUT2D eigenvalue weighted by atomic mass is 16.5. The Bertz CT molecular complexity index is 304. The lowest BCUT2D eigenvalue weighted by Crippen LogP contribution is -2.37. The van der Waals surface area contributed by atoms with Crippen molar-refractivity contribution in [3.63, 3.8) is 0 Å². The highest BCUT2D eigenvalue weighted by molar-refractivity contribution is 5.74. The van der Waals surface area contributed by atoms with E-state index in [0.717, 1.165) is 38.9 Å². The molecule has 1 saturated heterocycles. The second-order valence-electron chi connectivity index (χ2n) is 5.59. The highest BCUT2D eigenvalue weighted by Crippen LogP contribution is 2.17. The first-order valence-corrected chi connectivity index (χ1v) is 7.45. The van der Waals surface area contributed by atoms with Crippen LogP contribution in [-0.4, -0.2) is 38.2 Å². The van der Waals surface area contributed by atoms with E-state index in [0.29, 0.717) is 25.4 Å². The minimum absolute atomic E-state index is 0.136. The molecule has 1 atom stereocenters. The summed E-state index contributed by atoms with van der Waals surface area (Å²) in [6.45, 7) is 4.91. The molecular weight excluding hydrogens is 258 g/mol. The Labute approximate surface area is 120 Å². The molecule has 1 aliphatic rings. The van der Waals surface area contributed by atoms with Crippen molar-refractivity contribution in [3.05, 3.63) is 0 Å². The van der Waals surface area contributed by atoms with Crippen LogP contribution < -0.4 is 16.4 Å². The fourth-order valence-electron chi connectivity index (χ4n) is 2.37. The molecule has 116 valence electrons. The van der Waals surface area contributed by atoms with Crippen LogP contribution in [-0.2, 0) is 9.53 Å². The van der Waals surface area contributed by atoms with Crippen LogP contribution in [0, 0.1) is 11.8 Å². The van der Waals surface area contributed by atoms with Gasteiger partial charge in [-0.1, -0.05) is 6.92 Å². The van der Waals surface area contributed by atoms with Crippen LogP contribution in [0.5, 0.6) is 0 Å². The molecule has 0 saturated carbocycles. The predicted octanol–water partition coefficient (Wildman–Crippen LogP) is 1.00. The molecule has 1 aliphatic heterocycles. The first-order chi connectivity index (χ1) is 9.58. The zero-order valence-electron chi connectivity index (χ0n) is 12.3. The number of rotatable bonds is 8. The van der Waals surface area contributed by atoms with E-state index in [1.165, 1.54) is 0 Å². The number of amides is 3. The first kappa shape index (κ1) is 16.8. The maximum absolute atomic E-state index is 11.5. The molecule has 0 unspecified atom stereocenters. The maximum Gasteiger partial charge on any atom is 0.314 e. The van der Waals surface area contributed by atoms with Gasteiger partial charge in [0, 0.05) is 32.7 Å². The van der Waals surface area contributed by atoms with Crippen LogP contribution in [0.4, 0.5) is 4.79 Å². The van der Waals surface area contributed by atoms with E-state index in [-0.39, 0.29) is 17.9 Å². The maximum atomic E-state index is 11.5. The molecule has 0 aromatic heterocycles. The van der Waals surface area contributed by atoms with Gasteiger partial charge in [0.25, 0.3) is 0 Å². The van der Waals surface area contributed by atoms with Gasteiger partial charge in [0.2, 0.25) is 5.91 Å². The number of primary amides is 1. The molecule has 1 fully saturated rings. The van der Waals surface area contributed by atoms with Crippen molar-refractivity contribution in [2.45, 2.75) is 39.0 Å². The van der Waals surface area contributed by atoms with Gasteiger partial charge in [-0.05, 0) is 37.5 Å². The van der Waals surface area contributed by atoms with Crippen LogP contribution in [0.1, 0.15) is 39.0 Å². The second kappa shape index (κ2) is 9.58. The van der Waals surface area contributed by atoms with Crippen molar-refractivity contribution >= 4 is 11.9 Å². The minimum Gasteiger partial charge on any atom is -0.381 e. The van der Waals surface area contributed by atoms with E-state index >= 15 is 0 Å². The van der Waals surface area contributed by atoms with Crippen LogP contribution in [0.15, 0.2) is 0 Å². The molecule has 0 aromatic rings. The molecule has 3 amide bonds. The number of urea groups is 1. The van der Waals surface area contributed by atoms with E-state index < -0.39 is 0 Å². The van der Waals surface area contributed by atoms with Crippen molar-refractivity contribution in [2.24, 2.45) is 17.6 Å². The summed E-state index contributed by atoms with van der Waals surface area (Å²) in [5.74, 6) is 0.577. The van der Waals surface area contributed by atoms with E-state index in [9.17, 15) is 9.59 Å². The van der Waals surface area contributed by atoms with Crippen molar-refractivity contribution in [3.8, 4) is 0 Å². The lowest BCUT2D eigenvalue weighted by molar-refractivity contribution is -0.118. The summed E-state index contributed by atoms with van der Waals surface area (Å²) in [7, 11) is 0. The lowest BCUT2D eigenvalue weighted by Gasteiger charge is -2.21. The minimum atomic E-state index is -0.293. The molecule has 20 heavy (non-hydrogen) atoms. The zero-order chi connectivity index (χ0) is 14.8. The van der Waals surface area contributed by atoms with E-state index in [1.54, 1.807) is 0 Å². The van der Waals surface area contributed by atoms with Crippen LogP contribution in [0.2, 0.25) is 0 Å². The fraction of sp³-hybridized carbons (Fsp3) is 0.857. The summed E-state index contributed by atoms with van der Waals surface area (Å²) in [5, 5.41) is 5.66. The Kier molecular flexibility index (Phi) is 8.02. The van der Waals surface area contributed by atoms with Gasteiger partial charge in [0.15, 0.2) is 0 Å². The summed E-state index contributed by atoms with van der Waals surface area (Å²) in [6.07, 6.45) is 4.32. The normalized spacial score (nSPS) is 17.4. The van der Waals surface area contributed by atoms with E-state index in [2.05, 4.69) is 10.6 Å². The van der Waals surface area contributed by atoms with E-state index in [1.807, 2.05) is 6.92 Å². The Hall–Kier alpha value is -1.30. The third-order valence-electron chi connectivity index (χ3n) is 3.65. The van der Waals surface area contributed by atoms with Gasteiger partial charge in [-0.15, -0.1) is 0 Å². The SMILES string of the molecule is C[C@@H](CCNC(=O)NCCC1CCOCC1)CC(N)=O. The average Bonchev–Trinajstić information content (AvgIpc) is 2.39. The van der Waals surface area contributed by atoms with Gasteiger partial charge in [-0.25, -0.2) is 4.79 Å². The number of ether oxygens (including phenoxy) is 1. The molecule has 0 aliphatic carbocycles. The number of carbonyl (C=O) groups excluding carboxylic acids is 2. The molecule has 6 nitrogen and oxygen atoms in total. The summed E-state index contributed by atoms with van der Waals surface area (Å²) in [5.41, 5.74) is 5.11. The Morgan fingerprint density at radius 2 is 1.90 bits per heavy atom. The second-order valence-corrected chi connectivity index (χ2v) is 5.59. The summed E-state index contributed by atoms with van der Waals surface area (Å²) < 4.78 is 5.30. The predicted molar refractivity (Wildman–Crippen MR) is 77.2 cm³/mol. The Morgan fingerprint density at radius 3 is 2.55 bits per heavy atom. The molecule has 0 spiro atoms. The molecule has 0 bridgehead atoms. The van der Waals surface area contributed by atoms with Gasteiger partial charge in [-0.3, -0.25) is 4.79 Å². The first-order valence-electron chi connectivity index (χ1n) is 7.45. The third kappa shape index (κ3) is 7.99. The zero-order valence-corrected chi connectivity index (χ0v) is 12.3. The quantitative estimate of drug-likeness (QED) is 0.621. The number of nitrogens with one attached hydrogen (secondary N) is 2. The molecular formula is C14H27N3O3. The fourth-order valence-corrected chi connectivity index (χ4v) is 2.37. The number of carbonyl (C=O) groups is 2. The van der Waals surface area contributed by atoms with Gasteiger partial charge in [0.1, 0.15) is 0 Å². The third-order valence-corrected chi connectivity index (χ3v) is 3.65. The molecule has 0 aromatic carbocycles. The summed E-state index contributed by atoms with van der Waals surface area (Å²) >= 11 is 0. The highest BCUT2D eigenvalue weighted by Gasteiger charge is 2.13. The summed E-state index contributed by atoms with van der Waals surface area (Å²) in [4.78, 5) is 22.3. The van der Waals surface area contributed by atoms with Crippen molar-refractivity contribution in [2.75, 3.05) is 26.3 Å². The Balaban J connectivity index is 1.98. The van der Waals surface area contributed by atoms with Crippen molar-refractivity contribution in [1.82, 2.24) is 10.6 Å². The smallest absolute Gasteiger partial charge is 0.314 e. The Morgan fingerprint density at radius 1 is 1.25 bits per heavy atom. The molecule has 1 rings (SSSR count). The largest absolute Gasteiger partial charge is 0.381 e. The van der Waals surface area contributed by atoms with Gasteiger partial charge < -0.3 is 21.1 Å². The molecule has 1 heterocycles. The molecule has 0 radical (unpaired) electrons. The number of nitrogens with two attached hydrogens (primary N) is 1.